The predicted octanol–water partition coefficient (Wildman–Crippen LogP) is 2.52. The lowest BCUT2D eigenvalue weighted by atomic mass is 10.1. The van der Waals surface area contributed by atoms with Gasteiger partial charge in [0.15, 0.2) is 0 Å². The summed E-state index contributed by atoms with van der Waals surface area (Å²) < 4.78 is 5.91. The maximum absolute atomic E-state index is 5.91. The van der Waals surface area contributed by atoms with Crippen molar-refractivity contribution in [2.45, 2.75) is 51.3 Å². The molecule has 0 amide bonds. The molecule has 1 atom stereocenters. The van der Waals surface area contributed by atoms with Crippen molar-refractivity contribution >= 4 is 11.3 Å². The normalized spacial score (nSPS) is 24.5. The Bertz CT molecular complexity index is 456. The van der Waals surface area contributed by atoms with Crippen molar-refractivity contribution in [3.63, 3.8) is 0 Å². The Labute approximate surface area is 125 Å². The van der Waals surface area contributed by atoms with Crippen LogP contribution in [-0.4, -0.2) is 42.7 Å². The number of likely N-dealkylation sites (N-methyl/N-ethyl adjacent to an activating group) is 1. The molecule has 1 aliphatic heterocycles. The molecule has 1 aromatic rings. The molecule has 0 spiro atoms. The summed E-state index contributed by atoms with van der Waals surface area (Å²) in [6.07, 6.45) is 2.82. The van der Waals surface area contributed by atoms with Gasteiger partial charge in [-0.15, -0.1) is 11.3 Å². The Balaban J connectivity index is 1.74. The second kappa shape index (κ2) is 6.10. The molecule has 5 heteroatoms. The van der Waals surface area contributed by atoms with E-state index in [1.807, 2.05) is 11.3 Å². The van der Waals surface area contributed by atoms with Crippen LogP contribution < -0.4 is 5.32 Å². The van der Waals surface area contributed by atoms with Crippen LogP contribution >= 0.6 is 11.3 Å². The van der Waals surface area contributed by atoms with Gasteiger partial charge in [-0.1, -0.05) is 13.8 Å². The van der Waals surface area contributed by atoms with Gasteiger partial charge in [0.05, 0.1) is 12.3 Å². The highest BCUT2D eigenvalue weighted by atomic mass is 32.1. The maximum Gasteiger partial charge on any atom is 0.123 e. The highest BCUT2D eigenvalue weighted by Gasteiger charge is 2.26. The van der Waals surface area contributed by atoms with Crippen molar-refractivity contribution in [1.29, 1.82) is 0 Å². The monoisotopic (exact) mass is 295 g/mol. The lowest BCUT2D eigenvalue weighted by Crippen LogP contribution is -2.35. The summed E-state index contributed by atoms with van der Waals surface area (Å²) in [6.45, 7) is 8.22. The highest BCUT2D eigenvalue weighted by molar-refractivity contribution is 7.11. The van der Waals surface area contributed by atoms with Crippen LogP contribution in [0.15, 0.2) is 0 Å². The summed E-state index contributed by atoms with van der Waals surface area (Å²) in [7, 11) is 2.15. The zero-order valence-corrected chi connectivity index (χ0v) is 13.5. The van der Waals surface area contributed by atoms with Gasteiger partial charge in [-0.25, -0.2) is 4.98 Å². The van der Waals surface area contributed by atoms with Gasteiger partial charge in [-0.3, -0.25) is 0 Å². The molecule has 1 unspecified atom stereocenters. The van der Waals surface area contributed by atoms with Gasteiger partial charge in [0.1, 0.15) is 11.1 Å². The number of nitrogens with zero attached hydrogens (tertiary/aromatic N) is 2. The largest absolute Gasteiger partial charge is 0.368 e. The summed E-state index contributed by atoms with van der Waals surface area (Å²) in [6, 6.07) is 0.748. The van der Waals surface area contributed by atoms with Gasteiger partial charge < -0.3 is 15.0 Å². The van der Waals surface area contributed by atoms with E-state index in [1.54, 1.807) is 0 Å². The van der Waals surface area contributed by atoms with Crippen molar-refractivity contribution in [1.82, 2.24) is 15.2 Å². The summed E-state index contributed by atoms with van der Waals surface area (Å²) >= 11 is 1.84. The molecular formula is C15H25N3OS. The number of hydrogen-bond acceptors (Lipinski definition) is 5. The van der Waals surface area contributed by atoms with E-state index in [2.05, 4.69) is 31.1 Å². The predicted molar refractivity (Wildman–Crippen MR) is 82.3 cm³/mol. The third-order valence-electron chi connectivity index (χ3n) is 3.96. The highest BCUT2D eigenvalue weighted by Crippen LogP contribution is 2.32. The van der Waals surface area contributed by atoms with Crippen molar-refractivity contribution in [3.8, 4) is 0 Å². The lowest BCUT2D eigenvalue weighted by Gasteiger charge is -2.28. The molecule has 112 valence electrons. The van der Waals surface area contributed by atoms with Crippen LogP contribution in [0.2, 0.25) is 0 Å². The Hall–Kier alpha value is -0.490. The number of thiazole rings is 1. The third kappa shape index (κ3) is 3.39. The molecule has 2 heterocycles. The molecule has 1 saturated carbocycles. The van der Waals surface area contributed by atoms with Gasteiger partial charge in [-0.05, 0) is 25.8 Å². The quantitative estimate of drug-likeness (QED) is 0.906. The summed E-state index contributed by atoms with van der Waals surface area (Å²) in [5.41, 5.74) is 1.26. The molecule has 1 N–H and O–H groups in total. The fraction of sp³-hybridized carbons (Fsp3) is 0.800. The van der Waals surface area contributed by atoms with Crippen LogP contribution in [0.5, 0.6) is 0 Å². The van der Waals surface area contributed by atoms with E-state index >= 15 is 0 Å². The molecule has 1 saturated heterocycles. The van der Waals surface area contributed by atoms with Gasteiger partial charge in [-0.2, -0.15) is 0 Å². The molecule has 1 aliphatic carbocycles. The number of rotatable bonds is 5. The van der Waals surface area contributed by atoms with E-state index in [1.165, 1.54) is 23.4 Å². The minimum Gasteiger partial charge on any atom is -0.368 e. The van der Waals surface area contributed by atoms with Gasteiger partial charge in [0, 0.05) is 30.6 Å². The fourth-order valence-corrected chi connectivity index (χ4v) is 3.76. The van der Waals surface area contributed by atoms with E-state index in [9.17, 15) is 0 Å². The second-order valence-electron chi connectivity index (χ2n) is 6.29. The molecule has 2 aliphatic rings. The van der Waals surface area contributed by atoms with Crippen molar-refractivity contribution in [2.75, 3.05) is 26.7 Å². The molecule has 0 bridgehead atoms. The van der Waals surface area contributed by atoms with Crippen LogP contribution in [0.25, 0.3) is 0 Å². The minimum absolute atomic E-state index is 0.158. The Morgan fingerprint density at radius 3 is 2.90 bits per heavy atom. The molecule has 0 aromatic carbocycles. The first-order chi connectivity index (χ1) is 9.63. The van der Waals surface area contributed by atoms with Crippen LogP contribution in [0.3, 0.4) is 0 Å². The number of nitrogens with one attached hydrogen (secondary N) is 1. The van der Waals surface area contributed by atoms with E-state index < -0.39 is 0 Å². The summed E-state index contributed by atoms with van der Waals surface area (Å²) in [5, 5.41) is 4.77. The van der Waals surface area contributed by atoms with Crippen LogP contribution in [-0.2, 0) is 11.3 Å². The van der Waals surface area contributed by atoms with Crippen LogP contribution in [0, 0.1) is 0 Å². The average Bonchev–Trinajstić information content (AvgIpc) is 3.14. The summed E-state index contributed by atoms with van der Waals surface area (Å²) in [5.74, 6) is 0.484. The smallest absolute Gasteiger partial charge is 0.123 e. The first kappa shape index (κ1) is 14.4. The molecule has 20 heavy (non-hydrogen) atoms. The van der Waals surface area contributed by atoms with Crippen LogP contribution in [0.4, 0.5) is 0 Å². The number of hydrogen-bond donors (Lipinski definition) is 1. The maximum atomic E-state index is 5.91. The van der Waals surface area contributed by atoms with E-state index in [-0.39, 0.29) is 6.10 Å². The van der Waals surface area contributed by atoms with Crippen molar-refractivity contribution in [2.24, 2.45) is 0 Å². The van der Waals surface area contributed by atoms with Gasteiger partial charge >= 0.3 is 0 Å². The molecule has 2 fully saturated rings. The molecule has 3 rings (SSSR count). The van der Waals surface area contributed by atoms with Crippen LogP contribution in [0.1, 0.15) is 54.3 Å². The first-order valence-corrected chi connectivity index (χ1v) is 8.48. The Kier molecular flexibility index (Phi) is 4.40. The summed E-state index contributed by atoms with van der Waals surface area (Å²) in [4.78, 5) is 8.62. The van der Waals surface area contributed by atoms with Gasteiger partial charge in [0.2, 0.25) is 0 Å². The van der Waals surface area contributed by atoms with E-state index in [0.717, 1.165) is 37.3 Å². The lowest BCUT2D eigenvalue weighted by molar-refractivity contribution is -0.0210. The molecular weight excluding hydrogens is 270 g/mol. The zero-order valence-electron chi connectivity index (χ0n) is 12.7. The Morgan fingerprint density at radius 1 is 1.45 bits per heavy atom. The second-order valence-corrected chi connectivity index (χ2v) is 7.41. The third-order valence-corrected chi connectivity index (χ3v) is 5.13. The molecule has 4 nitrogen and oxygen atoms in total. The average molecular weight is 295 g/mol. The standard InChI is InChI=1S/C15H25N3OS/c1-10(2)14-13(8-16-11-4-5-11)20-15(17-14)12-9-18(3)6-7-19-12/h10-12,16H,4-9H2,1-3H3. The van der Waals surface area contributed by atoms with Crippen molar-refractivity contribution < 1.29 is 4.74 Å². The molecule has 0 radical (unpaired) electrons. The van der Waals surface area contributed by atoms with Gasteiger partial charge in [0.25, 0.3) is 0 Å². The Morgan fingerprint density at radius 2 is 2.25 bits per heavy atom. The zero-order chi connectivity index (χ0) is 14.1. The van der Waals surface area contributed by atoms with Crippen molar-refractivity contribution in [3.05, 3.63) is 15.6 Å². The fourth-order valence-electron chi connectivity index (χ4n) is 2.55. The topological polar surface area (TPSA) is 37.4 Å². The number of ether oxygens (including phenoxy) is 1. The number of morpholine rings is 1. The number of aromatic nitrogens is 1. The SMILES string of the molecule is CC(C)c1nc(C2CN(C)CCO2)sc1CNC1CC1. The first-order valence-electron chi connectivity index (χ1n) is 7.66. The van der Waals surface area contributed by atoms with E-state index in [0.29, 0.717) is 5.92 Å². The molecule has 1 aromatic heterocycles. The van der Waals surface area contributed by atoms with E-state index in [4.69, 9.17) is 9.72 Å². The minimum atomic E-state index is 0.158.